The van der Waals surface area contributed by atoms with Crippen molar-refractivity contribution in [3.63, 3.8) is 0 Å². The molecule has 0 aliphatic heterocycles. The lowest BCUT2D eigenvalue weighted by molar-refractivity contribution is -0.148. The van der Waals surface area contributed by atoms with E-state index in [1.54, 1.807) is 12.0 Å². The first kappa shape index (κ1) is 16.8. The average Bonchev–Trinajstić information content (AvgIpc) is 2.38. The molecule has 0 atom stereocenters. The number of amides is 2. The van der Waals surface area contributed by atoms with Gasteiger partial charge in [0.1, 0.15) is 5.54 Å². The second-order valence-corrected chi connectivity index (χ2v) is 5.33. The van der Waals surface area contributed by atoms with Crippen molar-refractivity contribution in [3.8, 4) is 0 Å². The number of urea groups is 1. The Kier molecular flexibility index (Phi) is 6.26. The topological polar surface area (TPSA) is 78.9 Å². The molecule has 1 aliphatic rings. The maximum Gasteiger partial charge on any atom is 0.329 e. The largest absolute Gasteiger partial charge is 0.480 e. The minimum Gasteiger partial charge on any atom is -0.480 e. The lowest BCUT2D eigenvalue weighted by Gasteiger charge is -2.41. The maximum absolute atomic E-state index is 12.4. The number of nitrogens with zero attached hydrogens (tertiary/aromatic N) is 1. The van der Waals surface area contributed by atoms with Crippen LogP contribution < -0.4 is 5.32 Å². The van der Waals surface area contributed by atoms with E-state index >= 15 is 0 Å². The Morgan fingerprint density at radius 1 is 1.35 bits per heavy atom. The molecule has 0 aromatic heterocycles. The van der Waals surface area contributed by atoms with Gasteiger partial charge in [0.25, 0.3) is 0 Å². The molecule has 1 aliphatic carbocycles. The van der Waals surface area contributed by atoms with E-state index in [2.05, 4.69) is 5.32 Å². The molecule has 6 heteroatoms. The second-order valence-electron chi connectivity index (χ2n) is 5.33. The van der Waals surface area contributed by atoms with Gasteiger partial charge in [0.05, 0.1) is 6.61 Å². The summed E-state index contributed by atoms with van der Waals surface area (Å²) in [5.74, 6) is -0.937. The Morgan fingerprint density at radius 2 is 1.95 bits per heavy atom. The molecule has 2 N–H and O–H groups in total. The minimum absolute atomic E-state index is 0.107. The van der Waals surface area contributed by atoms with Gasteiger partial charge in [-0.2, -0.15) is 0 Å². The highest BCUT2D eigenvalue weighted by molar-refractivity contribution is 5.87. The van der Waals surface area contributed by atoms with Gasteiger partial charge < -0.3 is 20.1 Å². The molecule has 1 rings (SSSR count). The van der Waals surface area contributed by atoms with Crippen LogP contribution in [0.15, 0.2) is 0 Å². The van der Waals surface area contributed by atoms with Crippen LogP contribution in [-0.4, -0.2) is 53.8 Å². The molecule has 0 bridgehead atoms. The molecule has 1 saturated carbocycles. The van der Waals surface area contributed by atoms with E-state index in [0.717, 1.165) is 19.3 Å². The fraction of sp³-hybridized carbons (Fsp3) is 0.857. The van der Waals surface area contributed by atoms with Crippen LogP contribution >= 0.6 is 0 Å². The van der Waals surface area contributed by atoms with Crippen LogP contribution in [0.5, 0.6) is 0 Å². The van der Waals surface area contributed by atoms with Gasteiger partial charge in [-0.25, -0.2) is 9.59 Å². The summed E-state index contributed by atoms with van der Waals surface area (Å²) in [5, 5.41) is 12.0. The summed E-state index contributed by atoms with van der Waals surface area (Å²) in [6.45, 7) is 4.98. The number of aliphatic carboxylic acids is 1. The normalized spacial score (nSPS) is 16.6. The molecule has 0 radical (unpaired) electrons. The molecular formula is C14H26N2O4. The number of carboxylic acids is 1. The van der Waals surface area contributed by atoms with Gasteiger partial charge in [0.15, 0.2) is 0 Å². The summed E-state index contributed by atoms with van der Waals surface area (Å²) in [5.41, 5.74) is -1.06. The van der Waals surface area contributed by atoms with Gasteiger partial charge in [-0.3, -0.25) is 0 Å². The first-order valence-corrected chi connectivity index (χ1v) is 7.31. The number of nitrogens with one attached hydrogen (secondary N) is 1. The third-order valence-electron chi connectivity index (χ3n) is 4.14. The van der Waals surface area contributed by atoms with Crippen molar-refractivity contribution in [2.45, 2.75) is 57.5 Å². The number of methoxy groups -OCH3 is 1. The van der Waals surface area contributed by atoms with Crippen LogP contribution in [0.3, 0.4) is 0 Å². The number of hydrogen-bond acceptors (Lipinski definition) is 3. The predicted molar refractivity (Wildman–Crippen MR) is 75.7 cm³/mol. The summed E-state index contributed by atoms with van der Waals surface area (Å²) < 4.78 is 5.04. The van der Waals surface area contributed by atoms with Crippen molar-refractivity contribution in [1.29, 1.82) is 0 Å². The van der Waals surface area contributed by atoms with E-state index in [1.165, 1.54) is 0 Å². The van der Waals surface area contributed by atoms with E-state index in [9.17, 15) is 14.7 Å². The van der Waals surface area contributed by atoms with Crippen LogP contribution in [-0.2, 0) is 9.53 Å². The van der Waals surface area contributed by atoms with E-state index in [1.807, 2.05) is 13.8 Å². The van der Waals surface area contributed by atoms with Gasteiger partial charge in [-0.15, -0.1) is 0 Å². The van der Waals surface area contributed by atoms with Crippen molar-refractivity contribution in [2.24, 2.45) is 0 Å². The molecule has 0 heterocycles. The molecule has 0 aromatic rings. The van der Waals surface area contributed by atoms with Gasteiger partial charge in [0, 0.05) is 19.7 Å². The summed E-state index contributed by atoms with van der Waals surface area (Å²) >= 11 is 0. The molecule has 1 fully saturated rings. The van der Waals surface area contributed by atoms with Crippen molar-refractivity contribution in [2.75, 3.05) is 20.3 Å². The first-order chi connectivity index (χ1) is 9.50. The monoisotopic (exact) mass is 286 g/mol. The smallest absolute Gasteiger partial charge is 0.329 e. The Balaban J connectivity index is 2.74. The second kappa shape index (κ2) is 7.47. The average molecular weight is 286 g/mol. The molecular weight excluding hydrogens is 260 g/mol. The van der Waals surface area contributed by atoms with E-state index < -0.39 is 11.5 Å². The number of carboxylic acid groups (broad SMARTS) is 1. The minimum atomic E-state index is -1.06. The zero-order valence-corrected chi connectivity index (χ0v) is 12.6. The van der Waals surface area contributed by atoms with Crippen molar-refractivity contribution >= 4 is 12.0 Å². The maximum atomic E-state index is 12.4. The van der Waals surface area contributed by atoms with Crippen LogP contribution in [0, 0.1) is 0 Å². The molecule has 0 spiro atoms. The summed E-state index contributed by atoms with van der Waals surface area (Å²) in [6, 6.07) is -0.186. The number of ether oxygens (including phenoxy) is 1. The molecule has 6 nitrogen and oxygen atoms in total. The van der Waals surface area contributed by atoms with Gasteiger partial charge in [0.2, 0.25) is 0 Å². The summed E-state index contributed by atoms with van der Waals surface area (Å²) in [4.78, 5) is 25.4. The highest BCUT2D eigenvalue weighted by atomic mass is 16.5. The standard InChI is InChI=1S/C14H26N2O4/c1-4-11(5-2)16(9-10-20-3)13(19)15-14(12(17)18)7-6-8-14/h11H,4-10H2,1-3H3,(H,15,19)(H,17,18). The number of hydrogen-bond donors (Lipinski definition) is 2. The lowest BCUT2D eigenvalue weighted by Crippen LogP contribution is -2.62. The van der Waals surface area contributed by atoms with Crippen LogP contribution in [0.25, 0.3) is 0 Å². The van der Waals surface area contributed by atoms with Gasteiger partial charge in [-0.1, -0.05) is 13.8 Å². The molecule has 116 valence electrons. The SMILES string of the molecule is CCC(CC)N(CCOC)C(=O)NC1(C(=O)O)CCC1. The molecule has 0 saturated heterocycles. The summed E-state index contributed by atoms with van der Waals surface area (Å²) in [6.07, 6.45) is 3.54. The molecule has 0 unspecified atom stereocenters. The zero-order chi connectivity index (χ0) is 15.2. The summed E-state index contributed by atoms with van der Waals surface area (Å²) in [7, 11) is 1.59. The predicted octanol–water partition coefficient (Wildman–Crippen LogP) is 1.84. The molecule has 2 amide bonds. The lowest BCUT2D eigenvalue weighted by atomic mass is 9.77. The fourth-order valence-corrected chi connectivity index (χ4v) is 2.57. The Bertz CT molecular complexity index is 338. The van der Waals surface area contributed by atoms with Crippen LogP contribution in [0.4, 0.5) is 4.79 Å². The molecule has 0 aromatic carbocycles. The fourth-order valence-electron chi connectivity index (χ4n) is 2.57. The quantitative estimate of drug-likeness (QED) is 0.713. The number of carbonyl (C=O) groups excluding carboxylic acids is 1. The Labute approximate surface area is 120 Å². The van der Waals surface area contributed by atoms with Crippen molar-refractivity contribution in [1.82, 2.24) is 10.2 Å². The van der Waals surface area contributed by atoms with E-state index in [0.29, 0.717) is 26.0 Å². The van der Waals surface area contributed by atoms with Crippen LogP contribution in [0.2, 0.25) is 0 Å². The zero-order valence-electron chi connectivity index (χ0n) is 12.6. The highest BCUT2D eigenvalue weighted by Crippen LogP contribution is 2.32. The van der Waals surface area contributed by atoms with Crippen molar-refractivity contribution in [3.05, 3.63) is 0 Å². The Morgan fingerprint density at radius 3 is 2.30 bits per heavy atom. The van der Waals surface area contributed by atoms with Gasteiger partial charge in [-0.05, 0) is 32.1 Å². The van der Waals surface area contributed by atoms with Gasteiger partial charge >= 0.3 is 12.0 Å². The van der Waals surface area contributed by atoms with E-state index in [4.69, 9.17) is 4.74 Å². The van der Waals surface area contributed by atoms with Crippen LogP contribution in [0.1, 0.15) is 46.0 Å². The Hall–Kier alpha value is -1.30. The van der Waals surface area contributed by atoms with E-state index in [-0.39, 0.29) is 12.1 Å². The van der Waals surface area contributed by atoms with Crippen molar-refractivity contribution < 1.29 is 19.4 Å². The number of rotatable bonds is 8. The first-order valence-electron chi connectivity index (χ1n) is 7.31. The molecule has 20 heavy (non-hydrogen) atoms. The third kappa shape index (κ3) is 3.62. The highest BCUT2D eigenvalue weighted by Gasteiger charge is 2.46. The third-order valence-corrected chi connectivity index (χ3v) is 4.14. The number of carbonyl (C=O) groups is 2.